The molecule has 21 heavy (non-hydrogen) atoms. The number of alkyl halides is 3. The molecule has 3 N–H and O–H groups in total. The number of hydrogen-bond donors (Lipinski definition) is 2. The third kappa shape index (κ3) is 3.53. The average Bonchev–Trinajstić information content (AvgIpc) is 2.36. The van der Waals surface area contributed by atoms with Crippen molar-refractivity contribution in [3.8, 4) is 11.1 Å². The molecule has 2 aromatic carbocycles. The number of nitrogens with one attached hydrogen (secondary N) is 1. The molecule has 0 saturated carbocycles. The van der Waals surface area contributed by atoms with Gasteiger partial charge in [-0.2, -0.15) is 13.2 Å². The van der Waals surface area contributed by atoms with Crippen LogP contribution >= 0.6 is 0 Å². The van der Waals surface area contributed by atoms with Crippen molar-refractivity contribution in [3.05, 3.63) is 53.6 Å². The van der Waals surface area contributed by atoms with Crippen LogP contribution in [0.25, 0.3) is 11.1 Å². The number of hydrogen-bond acceptors (Lipinski definition) is 1. The largest absolute Gasteiger partial charge is 0.416 e. The second-order valence-corrected chi connectivity index (χ2v) is 4.62. The first-order valence-corrected chi connectivity index (χ1v) is 6.12. The third-order valence-corrected chi connectivity index (χ3v) is 2.93. The number of benzene rings is 2. The van der Waals surface area contributed by atoms with Crippen LogP contribution < -0.4 is 11.1 Å². The van der Waals surface area contributed by atoms with Crippen LogP contribution in [0.2, 0.25) is 0 Å². The third-order valence-electron chi connectivity index (χ3n) is 2.93. The zero-order valence-corrected chi connectivity index (χ0v) is 11.2. The minimum absolute atomic E-state index is 0.0305. The fourth-order valence-corrected chi connectivity index (χ4v) is 2.02. The van der Waals surface area contributed by atoms with Gasteiger partial charge in [-0.1, -0.05) is 35.9 Å². The van der Waals surface area contributed by atoms with Gasteiger partial charge in [-0.05, 0) is 24.6 Å². The number of rotatable bonds is 2. The average molecular weight is 294 g/mol. The zero-order valence-electron chi connectivity index (χ0n) is 11.2. The number of nitrogens with two attached hydrogens (primary N) is 1. The van der Waals surface area contributed by atoms with Crippen LogP contribution in [0.5, 0.6) is 0 Å². The number of carbonyl (C=O) groups is 1. The van der Waals surface area contributed by atoms with Gasteiger partial charge in [0.15, 0.2) is 0 Å². The minimum Gasteiger partial charge on any atom is -0.351 e. The van der Waals surface area contributed by atoms with E-state index in [1.165, 1.54) is 6.07 Å². The normalized spacial score (nSPS) is 11.2. The molecular formula is C15H13F3N2O. The Balaban J connectivity index is 2.57. The van der Waals surface area contributed by atoms with Crippen LogP contribution in [-0.2, 0) is 6.18 Å². The van der Waals surface area contributed by atoms with Crippen LogP contribution in [0.15, 0.2) is 42.5 Å². The topological polar surface area (TPSA) is 55.1 Å². The summed E-state index contributed by atoms with van der Waals surface area (Å²) in [6, 6.07) is 9.49. The first-order chi connectivity index (χ1) is 9.77. The second kappa shape index (κ2) is 5.47. The lowest BCUT2D eigenvalue weighted by Crippen LogP contribution is -2.20. The summed E-state index contributed by atoms with van der Waals surface area (Å²) in [4.78, 5) is 11.0. The lowest BCUT2D eigenvalue weighted by atomic mass is 9.99. The monoisotopic (exact) mass is 294 g/mol. The van der Waals surface area contributed by atoms with E-state index in [0.717, 1.165) is 17.7 Å². The van der Waals surface area contributed by atoms with Crippen molar-refractivity contribution in [2.75, 3.05) is 5.32 Å². The van der Waals surface area contributed by atoms with E-state index in [4.69, 9.17) is 5.73 Å². The highest BCUT2D eigenvalue weighted by molar-refractivity contribution is 5.93. The highest BCUT2D eigenvalue weighted by Gasteiger charge is 2.31. The van der Waals surface area contributed by atoms with E-state index in [-0.39, 0.29) is 5.69 Å². The molecule has 2 rings (SSSR count). The number of halogens is 3. The minimum atomic E-state index is -4.49. The summed E-state index contributed by atoms with van der Waals surface area (Å²) >= 11 is 0. The van der Waals surface area contributed by atoms with Gasteiger partial charge in [-0.25, -0.2) is 4.79 Å². The lowest BCUT2D eigenvalue weighted by molar-refractivity contribution is -0.137. The predicted octanol–water partition coefficient (Wildman–Crippen LogP) is 4.17. The molecule has 0 aliphatic carbocycles. The van der Waals surface area contributed by atoms with Gasteiger partial charge in [-0.3, -0.25) is 0 Å². The van der Waals surface area contributed by atoms with Gasteiger partial charge in [0.2, 0.25) is 0 Å². The number of primary amides is 1. The first-order valence-electron chi connectivity index (χ1n) is 6.12. The SMILES string of the molecule is Cc1cccc(-c2ccc(C(F)(F)F)cc2NC(N)=O)c1. The highest BCUT2D eigenvalue weighted by Crippen LogP contribution is 2.36. The van der Waals surface area contributed by atoms with Crippen molar-refractivity contribution in [1.82, 2.24) is 0 Å². The Hall–Kier alpha value is -2.50. The Bertz CT molecular complexity index is 681. The Morgan fingerprint density at radius 2 is 1.86 bits per heavy atom. The number of anilines is 1. The van der Waals surface area contributed by atoms with Crippen molar-refractivity contribution in [2.45, 2.75) is 13.1 Å². The molecule has 0 aliphatic heterocycles. The van der Waals surface area contributed by atoms with Gasteiger partial charge in [0, 0.05) is 5.56 Å². The molecule has 2 amide bonds. The smallest absolute Gasteiger partial charge is 0.351 e. The highest BCUT2D eigenvalue weighted by atomic mass is 19.4. The summed E-state index contributed by atoms with van der Waals surface area (Å²) in [5.74, 6) is 0. The summed E-state index contributed by atoms with van der Waals surface area (Å²) in [5.41, 5.74) is 6.35. The van der Waals surface area contributed by atoms with E-state index in [2.05, 4.69) is 5.32 Å². The van der Waals surface area contributed by atoms with Crippen molar-refractivity contribution < 1.29 is 18.0 Å². The molecule has 0 heterocycles. The maximum absolute atomic E-state index is 12.8. The number of aryl methyl sites for hydroxylation is 1. The molecule has 0 aromatic heterocycles. The first kappa shape index (κ1) is 14.9. The van der Waals surface area contributed by atoms with Crippen LogP contribution in [0.3, 0.4) is 0 Å². The molecule has 0 saturated heterocycles. The van der Waals surface area contributed by atoms with Crippen LogP contribution in [0, 0.1) is 6.92 Å². The van der Waals surface area contributed by atoms with Gasteiger partial charge in [0.05, 0.1) is 11.3 Å². The molecule has 0 unspecified atom stereocenters. The summed E-state index contributed by atoms with van der Waals surface area (Å²) in [6.45, 7) is 1.87. The van der Waals surface area contributed by atoms with Gasteiger partial charge >= 0.3 is 12.2 Å². The summed E-state index contributed by atoms with van der Waals surface area (Å²) < 4.78 is 38.3. The van der Waals surface area contributed by atoms with E-state index in [9.17, 15) is 18.0 Å². The van der Waals surface area contributed by atoms with Crippen molar-refractivity contribution in [3.63, 3.8) is 0 Å². The summed E-state index contributed by atoms with van der Waals surface area (Å²) in [7, 11) is 0. The lowest BCUT2D eigenvalue weighted by Gasteiger charge is -2.14. The zero-order chi connectivity index (χ0) is 15.6. The van der Waals surface area contributed by atoms with E-state index in [1.807, 2.05) is 19.1 Å². The summed E-state index contributed by atoms with van der Waals surface area (Å²) in [5, 5.41) is 2.24. The van der Waals surface area contributed by atoms with Gasteiger partial charge < -0.3 is 11.1 Å². The van der Waals surface area contributed by atoms with Crippen molar-refractivity contribution in [1.29, 1.82) is 0 Å². The van der Waals surface area contributed by atoms with Crippen LogP contribution in [-0.4, -0.2) is 6.03 Å². The fraction of sp³-hybridized carbons (Fsp3) is 0.133. The standard InChI is InChI=1S/C15H13F3N2O/c1-9-3-2-4-10(7-9)12-6-5-11(15(16,17)18)8-13(12)20-14(19)21/h2-8H,1H3,(H3,19,20,21). The molecule has 0 aliphatic rings. The van der Waals surface area contributed by atoms with Gasteiger partial charge in [0.1, 0.15) is 0 Å². The molecule has 0 spiro atoms. The van der Waals surface area contributed by atoms with E-state index >= 15 is 0 Å². The summed E-state index contributed by atoms with van der Waals surface area (Å²) in [6.07, 6.45) is -4.49. The molecule has 2 aromatic rings. The molecule has 0 atom stereocenters. The van der Waals surface area contributed by atoms with Crippen molar-refractivity contribution in [2.24, 2.45) is 5.73 Å². The van der Waals surface area contributed by atoms with Crippen LogP contribution in [0.1, 0.15) is 11.1 Å². The number of amides is 2. The Morgan fingerprint density at radius 1 is 1.14 bits per heavy atom. The molecule has 3 nitrogen and oxygen atoms in total. The quantitative estimate of drug-likeness (QED) is 0.858. The molecule has 0 fully saturated rings. The van der Waals surface area contributed by atoms with Gasteiger partial charge in [0.25, 0.3) is 0 Å². The van der Waals surface area contributed by atoms with Crippen molar-refractivity contribution >= 4 is 11.7 Å². The molecule has 0 radical (unpaired) electrons. The fourth-order valence-electron chi connectivity index (χ4n) is 2.02. The van der Waals surface area contributed by atoms with E-state index in [1.54, 1.807) is 12.1 Å². The van der Waals surface area contributed by atoms with Crippen LogP contribution in [0.4, 0.5) is 23.7 Å². The predicted molar refractivity (Wildman–Crippen MR) is 74.8 cm³/mol. The number of urea groups is 1. The number of carbonyl (C=O) groups excluding carboxylic acids is 1. The molecular weight excluding hydrogens is 281 g/mol. The molecule has 6 heteroatoms. The Morgan fingerprint density at radius 3 is 2.43 bits per heavy atom. The maximum Gasteiger partial charge on any atom is 0.416 e. The van der Waals surface area contributed by atoms with Gasteiger partial charge in [-0.15, -0.1) is 0 Å². The second-order valence-electron chi connectivity index (χ2n) is 4.62. The molecule has 0 bridgehead atoms. The maximum atomic E-state index is 12.8. The Labute approximate surface area is 119 Å². The van der Waals surface area contributed by atoms with E-state index in [0.29, 0.717) is 11.1 Å². The van der Waals surface area contributed by atoms with E-state index < -0.39 is 17.8 Å². The Kier molecular flexibility index (Phi) is 3.88. The molecule has 110 valence electrons.